The second kappa shape index (κ2) is 18.0. The molecule has 0 spiro atoms. The molecule has 0 N–H and O–H groups in total. The second-order valence-corrected chi connectivity index (χ2v) is 9.49. The van der Waals surface area contributed by atoms with Gasteiger partial charge in [-0.25, -0.2) is 0 Å². The molecule has 1 aromatic carbocycles. The van der Waals surface area contributed by atoms with E-state index < -0.39 is 0 Å². The van der Waals surface area contributed by atoms with Gasteiger partial charge in [0.25, 0.3) is 0 Å². The number of rotatable bonds is 19. The third-order valence-electron chi connectivity index (χ3n) is 6.72. The maximum atomic E-state index is 5.97. The molecule has 1 fully saturated rings. The molecule has 0 aromatic heterocycles. The van der Waals surface area contributed by atoms with Crippen molar-refractivity contribution in [3.05, 3.63) is 36.9 Å². The minimum atomic E-state index is 0.840. The first-order valence-corrected chi connectivity index (χ1v) is 13.6. The summed E-state index contributed by atoms with van der Waals surface area (Å²) in [4.78, 5) is 5.17. The van der Waals surface area contributed by atoms with E-state index in [-0.39, 0.29) is 0 Å². The average Bonchev–Trinajstić information content (AvgIpc) is 2.83. The van der Waals surface area contributed by atoms with Gasteiger partial charge in [0.2, 0.25) is 0 Å². The van der Waals surface area contributed by atoms with Crippen LogP contribution in [0.1, 0.15) is 96.8 Å². The van der Waals surface area contributed by atoms with E-state index in [0.29, 0.717) is 0 Å². The summed E-state index contributed by atoms with van der Waals surface area (Å²) in [5.41, 5.74) is 1.34. The van der Waals surface area contributed by atoms with Crippen LogP contribution < -0.4 is 9.64 Å². The van der Waals surface area contributed by atoms with Gasteiger partial charge in [-0.3, -0.25) is 4.90 Å². The average molecular weight is 443 g/mol. The van der Waals surface area contributed by atoms with Crippen molar-refractivity contribution in [2.75, 3.05) is 44.2 Å². The zero-order chi connectivity index (χ0) is 22.7. The Balaban J connectivity index is 1.50. The van der Waals surface area contributed by atoms with Crippen LogP contribution in [0.4, 0.5) is 5.69 Å². The van der Waals surface area contributed by atoms with Crippen molar-refractivity contribution in [3.8, 4) is 5.75 Å². The fourth-order valence-corrected chi connectivity index (χ4v) is 4.56. The largest absolute Gasteiger partial charge is 0.494 e. The van der Waals surface area contributed by atoms with Gasteiger partial charge in [0.05, 0.1) is 6.61 Å². The van der Waals surface area contributed by atoms with Gasteiger partial charge < -0.3 is 9.64 Å². The summed E-state index contributed by atoms with van der Waals surface area (Å²) in [6, 6.07) is 8.78. The van der Waals surface area contributed by atoms with Crippen molar-refractivity contribution < 1.29 is 4.74 Å². The maximum Gasteiger partial charge on any atom is 0.119 e. The Morgan fingerprint density at radius 1 is 0.750 bits per heavy atom. The van der Waals surface area contributed by atoms with Gasteiger partial charge in [-0.15, -0.1) is 6.58 Å². The number of ether oxygens (including phenoxy) is 1. The van der Waals surface area contributed by atoms with Crippen LogP contribution in [-0.4, -0.2) is 44.2 Å². The molecule has 1 heterocycles. The van der Waals surface area contributed by atoms with Crippen molar-refractivity contribution >= 4 is 5.69 Å². The lowest BCUT2D eigenvalue weighted by Gasteiger charge is -2.36. The van der Waals surface area contributed by atoms with E-state index in [2.05, 4.69) is 47.6 Å². The lowest BCUT2D eigenvalue weighted by Crippen LogP contribution is -2.46. The highest BCUT2D eigenvalue weighted by atomic mass is 16.5. The SMILES string of the molecule is C=CCCCCCCCCCOc1ccc(N2CCN(CCCCCCCC)CC2)cc1. The van der Waals surface area contributed by atoms with E-state index in [4.69, 9.17) is 4.74 Å². The summed E-state index contributed by atoms with van der Waals surface area (Å²) in [6.45, 7) is 12.9. The summed E-state index contributed by atoms with van der Waals surface area (Å²) < 4.78 is 5.97. The van der Waals surface area contributed by atoms with Crippen LogP contribution in [0.5, 0.6) is 5.75 Å². The Morgan fingerprint density at radius 2 is 1.34 bits per heavy atom. The van der Waals surface area contributed by atoms with Crippen molar-refractivity contribution in [1.82, 2.24) is 4.90 Å². The van der Waals surface area contributed by atoms with E-state index in [1.807, 2.05) is 6.08 Å². The summed E-state index contributed by atoms with van der Waals surface area (Å²) >= 11 is 0. The standard InChI is InChI=1S/C29H50N2O/c1-3-5-7-9-11-12-13-15-17-27-32-29-20-18-28(19-21-29)31-25-23-30(24-26-31)22-16-14-10-8-6-4-2/h3,18-21H,1,4-17,22-27H2,2H3. The topological polar surface area (TPSA) is 15.7 Å². The van der Waals surface area contributed by atoms with Crippen LogP contribution in [0, 0.1) is 0 Å². The summed E-state index contributed by atoms with van der Waals surface area (Å²) in [5.74, 6) is 1.01. The Labute approximate surface area is 199 Å². The third kappa shape index (κ3) is 11.9. The molecule has 3 heteroatoms. The van der Waals surface area contributed by atoms with Crippen molar-refractivity contribution in [1.29, 1.82) is 0 Å². The number of nitrogens with zero attached hydrogens (tertiary/aromatic N) is 2. The fourth-order valence-electron chi connectivity index (χ4n) is 4.56. The summed E-state index contributed by atoms with van der Waals surface area (Å²) in [6.07, 6.45) is 20.7. The minimum absolute atomic E-state index is 0.840. The van der Waals surface area contributed by atoms with Crippen molar-refractivity contribution in [2.24, 2.45) is 0 Å². The van der Waals surface area contributed by atoms with Crippen LogP contribution in [-0.2, 0) is 0 Å². The number of allylic oxidation sites excluding steroid dienone is 1. The highest BCUT2D eigenvalue weighted by Crippen LogP contribution is 2.21. The first-order chi connectivity index (χ1) is 15.8. The first-order valence-electron chi connectivity index (χ1n) is 13.6. The van der Waals surface area contributed by atoms with Gasteiger partial charge in [-0.2, -0.15) is 0 Å². The normalized spacial score (nSPS) is 14.6. The molecule has 0 atom stereocenters. The van der Waals surface area contributed by atoms with Gasteiger partial charge in [-0.05, 0) is 56.5 Å². The molecule has 3 nitrogen and oxygen atoms in total. The maximum absolute atomic E-state index is 5.97. The highest BCUT2D eigenvalue weighted by molar-refractivity contribution is 5.49. The molecule has 0 saturated carbocycles. The molecule has 0 unspecified atom stereocenters. The quantitative estimate of drug-likeness (QED) is 0.160. The van der Waals surface area contributed by atoms with E-state index in [0.717, 1.165) is 31.9 Å². The van der Waals surface area contributed by atoms with Crippen molar-refractivity contribution in [3.63, 3.8) is 0 Å². The number of piperazine rings is 1. The first kappa shape index (κ1) is 26.8. The summed E-state index contributed by atoms with van der Waals surface area (Å²) in [7, 11) is 0. The molecule has 0 aliphatic carbocycles. The lowest BCUT2D eigenvalue weighted by molar-refractivity contribution is 0.252. The number of hydrogen-bond donors (Lipinski definition) is 0. The Kier molecular flexibility index (Phi) is 15.1. The molecular formula is C29H50N2O. The second-order valence-electron chi connectivity index (χ2n) is 9.49. The molecule has 0 bridgehead atoms. The Morgan fingerprint density at radius 3 is 2.00 bits per heavy atom. The smallest absolute Gasteiger partial charge is 0.119 e. The minimum Gasteiger partial charge on any atom is -0.494 e. The van der Waals surface area contributed by atoms with Gasteiger partial charge in [-0.1, -0.05) is 77.2 Å². The Bertz CT molecular complexity index is 563. The molecule has 1 saturated heterocycles. The van der Waals surface area contributed by atoms with Gasteiger partial charge in [0, 0.05) is 31.9 Å². The molecule has 1 aromatic rings. The third-order valence-corrected chi connectivity index (χ3v) is 6.72. The predicted octanol–water partition coefficient (Wildman–Crippen LogP) is 7.85. The number of benzene rings is 1. The number of unbranched alkanes of at least 4 members (excludes halogenated alkanes) is 12. The fraction of sp³-hybridized carbons (Fsp3) is 0.724. The molecular weight excluding hydrogens is 392 g/mol. The van der Waals surface area contributed by atoms with Gasteiger partial charge in [0.15, 0.2) is 0 Å². The van der Waals surface area contributed by atoms with E-state index in [9.17, 15) is 0 Å². The number of hydrogen-bond acceptors (Lipinski definition) is 3. The monoisotopic (exact) mass is 442 g/mol. The molecule has 1 aliphatic rings. The molecule has 1 aliphatic heterocycles. The molecule has 32 heavy (non-hydrogen) atoms. The zero-order valence-electron chi connectivity index (χ0n) is 21.0. The molecule has 0 amide bonds. The van der Waals surface area contributed by atoms with Crippen LogP contribution in [0.3, 0.4) is 0 Å². The predicted molar refractivity (Wildman–Crippen MR) is 141 cm³/mol. The van der Waals surface area contributed by atoms with Crippen LogP contribution in [0.25, 0.3) is 0 Å². The Hall–Kier alpha value is -1.48. The zero-order valence-corrected chi connectivity index (χ0v) is 21.0. The van der Waals surface area contributed by atoms with Gasteiger partial charge in [0.1, 0.15) is 5.75 Å². The summed E-state index contributed by atoms with van der Waals surface area (Å²) in [5, 5.41) is 0. The van der Waals surface area contributed by atoms with E-state index in [1.54, 1.807) is 0 Å². The molecule has 0 radical (unpaired) electrons. The molecule has 2 rings (SSSR count). The molecule has 182 valence electrons. The van der Waals surface area contributed by atoms with E-state index >= 15 is 0 Å². The van der Waals surface area contributed by atoms with Crippen LogP contribution in [0.15, 0.2) is 36.9 Å². The van der Waals surface area contributed by atoms with Crippen molar-refractivity contribution in [2.45, 2.75) is 96.8 Å². The number of anilines is 1. The lowest BCUT2D eigenvalue weighted by atomic mass is 10.1. The van der Waals surface area contributed by atoms with Crippen LogP contribution >= 0.6 is 0 Å². The van der Waals surface area contributed by atoms with E-state index in [1.165, 1.54) is 109 Å². The highest BCUT2D eigenvalue weighted by Gasteiger charge is 2.16. The van der Waals surface area contributed by atoms with Gasteiger partial charge >= 0.3 is 0 Å². The van der Waals surface area contributed by atoms with Crippen LogP contribution in [0.2, 0.25) is 0 Å².